The fourth-order valence-corrected chi connectivity index (χ4v) is 1.71. The Morgan fingerprint density at radius 2 is 2.08 bits per heavy atom. The quantitative estimate of drug-likeness (QED) is 0.506. The van der Waals surface area contributed by atoms with E-state index in [2.05, 4.69) is 15.5 Å². The Labute approximate surface area is 78.1 Å². The average molecular weight is 192 g/mol. The van der Waals surface area contributed by atoms with Crippen molar-refractivity contribution in [3.63, 3.8) is 0 Å². The van der Waals surface area contributed by atoms with E-state index in [1.807, 2.05) is 0 Å². The van der Waals surface area contributed by atoms with Gasteiger partial charge in [-0.15, -0.1) is 12.4 Å². The van der Waals surface area contributed by atoms with Crippen LogP contribution in [0.2, 0.25) is 0 Å². The van der Waals surface area contributed by atoms with Crippen LogP contribution in [0.4, 0.5) is 0 Å². The molecule has 0 aromatic rings. The fraction of sp³-hybridized carbons (Fsp3) is 0.857. The van der Waals surface area contributed by atoms with Gasteiger partial charge in [-0.05, 0) is 0 Å². The van der Waals surface area contributed by atoms with Crippen molar-refractivity contribution >= 4 is 18.3 Å². The van der Waals surface area contributed by atoms with E-state index in [0.717, 1.165) is 32.7 Å². The molecule has 2 aliphatic heterocycles. The average Bonchev–Trinajstić information content (AvgIpc) is 2.06. The minimum absolute atomic E-state index is 0. The molecule has 0 spiro atoms. The number of carbonyl (C=O) groups is 1. The van der Waals surface area contributed by atoms with E-state index in [1.54, 1.807) is 0 Å². The summed E-state index contributed by atoms with van der Waals surface area (Å²) in [6.45, 7) is 4.67. The number of amides is 1. The molecule has 2 N–H and O–H groups in total. The summed E-state index contributed by atoms with van der Waals surface area (Å²) in [5.74, 6) is 0.184. The van der Waals surface area contributed by atoms with Crippen molar-refractivity contribution in [3.8, 4) is 0 Å². The first-order chi connectivity index (χ1) is 5.38. The molecule has 1 unspecified atom stereocenters. The molecule has 1 amide bonds. The summed E-state index contributed by atoms with van der Waals surface area (Å²) in [5.41, 5.74) is 0. The maximum absolute atomic E-state index is 11.2. The molecule has 0 aromatic heterocycles. The highest BCUT2D eigenvalue weighted by Crippen LogP contribution is 2.05. The molecule has 5 heteroatoms. The molecule has 2 saturated heterocycles. The lowest BCUT2D eigenvalue weighted by Crippen LogP contribution is -2.62. The molecular weight excluding hydrogens is 178 g/mol. The van der Waals surface area contributed by atoms with Gasteiger partial charge in [0.2, 0.25) is 5.91 Å². The molecule has 2 heterocycles. The van der Waals surface area contributed by atoms with E-state index in [9.17, 15) is 4.79 Å². The zero-order valence-corrected chi connectivity index (χ0v) is 7.69. The van der Waals surface area contributed by atoms with Crippen LogP contribution in [0.3, 0.4) is 0 Å². The molecule has 0 radical (unpaired) electrons. The number of rotatable bonds is 0. The van der Waals surface area contributed by atoms with Gasteiger partial charge in [0, 0.05) is 32.7 Å². The molecule has 2 fully saturated rings. The molecule has 0 aromatic carbocycles. The van der Waals surface area contributed by atoms with Crippen LogP contribution in [0.5, 0.6) is 0 Å². The number of nitrogens with one attached hydrogen (secondary N) is 2. The van der Waals surface area contributed by atoms with Crippen LogP contribution in [0, 0.1) is 0 Å². The van der Waals surface area contributed by atoms with Gasteiger partial charge in [0.05, 0.1) is 0 Å². The zero-order valence-electron chi connectivity index (χ0n) is 6.88. The first-order valence-corrected chi connectivity index (χ1v) is 4.10. The summed E-state index contributed by atoms with van der Waals surface area (Å²) >= 11 is 0. The predicted octanol–water partition coefficient (Wildman–Crippen LogP) is -1.19. The summed E-state index contributed by atoms with van der Waals surface area (Å²) in [6, 6.07) is 0.0949. The zero-order chi connectivity index (χ0) is 7.68. The van der Waals surface area contributed by atoms with Crippen molar-refractivity contribution in [1.29, 1.82) is 0 Å². The number of nitrogens with zero attached hydrogens (tertiary/aromatic N) is 1. The Morgan fingerprint density at radius 3 is 2.83 bits per heavy atom. The molecule has 70 valence electrons. The molecule has 0 aliphatic carbocycles. The van der Waals surface area contributed by atoms with Crippen LogP contribution >= 0.6 is 12.4 Å². The Balaban J connectivity index is 0.000000720. The summed E-state index contributed by atoms with van der Waals surface area (Å²) in [5, 5.41) is 6.07. The highest BCUT2D eigenvalue weighted by molar-refractivity contribution is 5.85. The standard InChI is InChI=1S/C7H13N3O.ClH/c11-7-6-5-8-1-3-10(6)4-2-9-7;/h6,8H,1-5H2,(H,9,11);1H. The van der Waals surface area contributed by atoms with Gasteiger partial charge in [0.15, 0.2) is 0 Å². The Morgan fingerprint density at radius 1 is 1.33 bits per heavy atom. The van der Waals surface area contributed by atoms with Gasteiger partial charge in [0.25, 0.3) is 0 Å². The van der Waals surface area contributed by atoms with Crippen LogP contribution in [0.25, 0.3) is 0 Å². The first-order valence-electron chi connectivity index (χ1n) is 4.10. The lowest BCUT2D eigenvalue weighted by Gasteiger charge is -2.38. The second-order valence-electron chi connectivity index (χ2n) is 3.05. The SMILES string of the molecule is Cl.O=C1NCCN2CCNCC12. The Bertz CT molecular complexity index is 174. The molecule has 0 bridgehead atoms. The normalized spacial score (nSPS) is 30.0. The third-order valence-corrected chi connectivity index (χ3v) is 2.36. The topological polar surface area (TPSA) is 44.4 Å². The number of carbonyl (C=O) groups excluding carboxylic acids is 1. The van der Waals surface area contributed by atoms with Crippen LogP contribution in [0.15, 0.2) is 0 Å². The maximum Gasteiger partial charge on any atom is 0.238 e. The summed E-state index contributed by atoms with van der Waals surface area (Å²) in [6.07, 6.45) is 0. The van der Waals surface area contributed by atoms with E-state index >= 15 is 0 Å². The van der Waals surface area contributed by atoms with Crippen molar-refractivity contribution in [1.82, 2.24) is 15.5 Å². The van der Waals surface area contributed by atoms with Gasteiger partial charge in [0.1, 0.15) is 6.04 Å². The van der Waals surface area contributed by atoms with E-state index in [1.165, 1.54) is 0 Å². The Kier molecular flexibility index (Phi) is 3.31. The van der Waals surface area contributed by atoms with Gasteiger partial charge in [-0.3, -0.25) is 9.69 Å². The molecule has 12 heavy (non-hydrogen) atoms. The largest absolute Gasteiger partial charge is 0.353 e. The lowest BCUT2D eigenvalue weighted by atomic mass is 10.1. The number of fused-ring (bicyclic) bond motifs is 1. The number of halogens is 1. The summed E-state index contributed by atoms with van der Waals surface area (Å²) in [4.78, 5) is 13.5. The van der Waals surface area contributed by atoms with Gasteiger partial charge in [-0.2, -0.15) is 0 Å². The number of hydrogen-bond acceptors (Lipinski definition) is 3. The summed E-state index contributed by atoms with van der Waals surface area (Å²) < 4.78 is 0. The van der Waals surface area contributed by atoms with Crippen LogP contribution in [0.1, 0.15) is 0 Å². The number of hydrogen-bond donors (Lipinski definition) is 2. The smallest absolute Gasteiger partial charge is 0.238 e. The van der Waals surface area contributed by atoms with Crippen molar-refractivity contribution in [2.45, 2.75) is 6.04 Å². The molecular formula is C7H14ClN3O. The number of piperazine rings is 2. The minimum atomic E-state index is 0. The van der Waals surface area contributed by atoms with Gasteiger partial charge in [-0.25, -0.2) is 0 Å². The molecule has 0 saturated carbocycles. The van der Waals surface area contributed by atoms with E-state index in [4.69, 9.17) is 0 Å². The molecule has 2 aliphatic rings. The third kappa shape index (κ3) is 1.71. The van der Waals surface area contributed by atoms with Crippen LogP contribution in [-0.4, -0.2) is 49.6 Å². The maximum atomic E-state index is 11.2. The van der Waals surface area contributed by atoms with Crippen molar-refractivity contribution < 1.29 is 4.79 Å². The monoisotopic (exact) mass is 191 g/mol. The second kappa shape index (κ2) is 4.07. The van der Waals surface area contributed by atoms with E-state index in [0.29, 0.717) is 0 Å². The van der Waals surface area contributed by atoms with Gasteiger partial charge < -0.3 is 10.6 Å². The van der Waals surface area contributed by atoms with Crippen molar-refractivity contribution in [2.75, 3.05) is 32.7 Å². The van der Waals surface area contributed by atoms with E-state index < -0.39 is 0 Å². The lowest BCUT2D eigenvalue weighted by molar-refractivity contribution is -0.129. The van der Waals surface area contributed by atoms with E-state index in [-0.39, 0.29) is 24.4 Å². The summed E-state index contributed by atoms with van der Waals surface area (Å²) in [7, 11) is 0. The highest BCUT2D eigenvalue weighted by Gasteiger charge is 2.30. The van der Waals surface area contributed by atoms with Crippen LogP contribution < -0.4 is 10.6 Å². The second-order valence-corrected chi connectivity index (χ2v) is 3.05. The molecule has 1 atom stereocenters. The third-order valence-electron chi connectivity index (χ3n) is 2.36. The first kappa shape index (κ1) is 9.77. The fourth-order valence-electron chi connectivity index (χ4n) is 1.71. The van der Waals surface area contributed by atoms with Crippen molar-refractivity contribution in [2.24, 2.45) is 0 Å². The van der Waals surface area contributed by atoms with Gasteiger partial charge >= 0.3 is 0 Å². The predicted molar refractivity (Wildman–Crippen MR) is 48.5 cm³/mol. The molecule has 4 nitrogen and oxygen atoms in total. The van der Waals surface area contributed by atoms with Crippen LogP contribution in [-0.2, 0) is 4.79 Å². The van der Waals surface area contributed by atoms with Gasteiger partial charge in [-0.1, -0.05) is 0 Å². The van der Waals surface area contributed by atoms with Crippen molar-refractivity contribution in [3.05, 3.63) is 0 Å². The highest BCUT2D eigenvalue weighted by atomic mass is 35.5. The molecule has 2 rings (SSSR count). The minimum Gasteiger partial charge on any atom is -0.353 e. The Hall–Kier alpha value is -0.320.